The number of hydrogen-bond acceptors (Lipinski definition) is 2. The second kappa shape index (κ2) is 7.11. The van der Waals surface area contributed by atoms with Crippen LogP contribution in [0.5, 0.6) is 0 Å². The van der Waals surface area contributed by atoms with Crippen molar-refractivity contribution in [3.05, 3.63) is 35.4 Å². The maximum absolute atomic E-state index is 11.8. The van der Waals surface area contributed by atoms with Crippen LogP contribution in [0.15, 0.2) is 24.3 Å². The molecule has 1 aromatic carbocycles. The Morgan fingerprint density at radius 1 is 1.39 bits per heavy atom. The topological polar surface area (TPSA) is 55.1 Å². The van der Waals surface area contributed by atoms with Gasteiger partial charge in [-0.15, -0.1) is 0 Å². The zero-order chi connectivity index (χ0) is 13.5. The van der Waals surface area contributed by atoms with Crippen LogP contribution in [0.1, 0.15) is 37.8 Å². The van der Waals surface area contributed by atoms with Crippen molar-refractivity contribution < 1.29 is 4.79 Å². The summed E-state index contributed by atoms with van der Waals surface area (Å²) in [6, 6.07) is 7.70. The first-order chi connectivity index (χ1) is 8.52. The summed E-state index contributed by atoms with van der Waals surface area (Å²) in [7, 11) is 0. The van der Waals surface area contributed by atoms with Gasteiger partial charge in [-0.25, -0.2) is 0 Å². The van der Waals surface area contributed by atoms with Gasteiger partial charge < -0.3 is 11.1 Å². The second-order valence-electron chi connectivity index (χ2n) is 4.50. The maximum atomic E-state index is 11.8. The number of rotatable bonds is 6. The van der Waals surface area contributed by atoms with E-state index in [1.807, 2.05) is 31.2 Å². The molecule has 0 saturated heterocycles. The predicted octanol–water partition coefficient (Wildman–Crippen LogP) is 2.17. The van der Waals surface area contributed by atoms with Crippen LogP contribution in [0.3, 0.4) is 0 Å². The number of nitrogens with one attached hydrogen (secondary N) is 1. The van der Waals surface area contributed by atoms with Gasteiger partial charge in [0.05, 0.1) is 6.42 Å². The van der Waals surface area contributed by atoms with Crippen LogP contribution in [0.4, 0.5) is 0 Å². The lowest BCUT2D eigenvalue weighted by Crippen LogP contribution is -2.33. The van der Waals surface area contributed by atoms with Gasteiger partial charge >= 0.3 is 0 Å². The molecule has 1 amide bonds. The van der Waals surface area contributed by atoms with E-state index in [-0.39, 0.29) is 11.9 Å². The Balaban J connectivity index is 2.51. The lowest BCUT2D eigenvalue weighted by Gasteiger charge is -2.12. The molecule has 3 nitrogen and oxygen atoms in total. The molecule has 0 aromatic heterocycles. The smallest absolute Gasteiger partial charge is 0.224 e. The number of carbonyl (C=O) groups excluding carboxylic acids is 1. The number of nitrogens with two attached hydrogens (primary N) is 1. The number of amides is 1. The summed E-state index contributed by atoms with van der Waals surface area (Å²) >= 11 is 4.88. The van der Waals surface area contributed by atoms with Crippen LogP contribution in [-0.4, -0.2) is 16.9 Å². The van der Waals surface area contributed by atoms with Gasteiger partial charge in [0.15, 0.2) is 0 Å². The molecule has 18 heavy (non-hydrogen) atoms. The number of benzene rings is 1. The first kappa shape index (κ1) is 14.6. The number of hydrogen-bond donors (Lipinski definition) is 2. The minimum Gasteiger partial charge on any atom is -0.389 e. The lowest BCUT2D eigenvalue weighted by molar-refractivity contribution is -0.121. The zero-order valence-corrected chi connectivity index (χ0v) is 11.7. The first-order valence-corrected chi connectivity index (χ1v) is 6.62. The summed E-state index contributed by atoms with van der Waals surface area (Å²) in [6.45, 7) is 4.13. The Hall–Kier alpha value is -1.42. The van der Waals surface area contributed by atoms with Crippen LogP contribution in [0.2, 0.25) is 0 Å². The lowest BCUT2D eigenvalue weighted by atomic mass is 10.1. The molecule has 0 bridgehead atoms. The summed E-state index contributed by atoms with van der Waals surface area (Å²) in [5.41, 5.74) is 7.31. The van der Waals surface area contributed by atoms with Gasteiger partial charge in [0.1, 0.15) is 4.99 Å². The molecule has 1 unspecified atom stereocenters. The Kier molecular flexibility index (Phi) is 5.78. The van der Waals surface area contributed by atoms with Crippen molar-refractivity contribution in [3.63, 3.8) is 0 Å². The predicted molar refractivity (Wildman–Crippen MR) is 78.5 cm³/mol. The third kappa shape index (κ3) is 4.84. The van der Waals surface area contributed by atoms with E-state index in [1.54, 1.807) is 0 Å². The fourth-order valence-electron chi connectivity index (χ4n) is 1.80. The van der Waals surface area contributed by atoms with E-state index >= 15 is 0 Å². The van der Waals surface area contributed by atoms with E-state index in [1.165, 1.54) is 0 Å². The normalized spacial score (nSPS) is 11.9. The van der Waals surface area contributed by atoms with Crippen molar-refractivity contribution in [2.45, 2.75) is 39.2 Å². The standard InChI is InChI=1S/C14H20N2OS/c1-3-4-10(2)16-13(17)9-11-5-7-12(8-6-11)14(15)18/h5-8,10H,3-4,9H2,1-2H3,(H2,15,18)(H,16,17). The fraction of sp³-hybridized carbons (Fsp3) is 0.429. The Bertz CT molecular complexity index is 414. The van der Waals surface area contributed by atoms with E-state index < -0.39 is 0 Å². The van der Waals surface area contributed by atoms with Crippen LogP contribution >= 0.6 is 12.2 Å². The van der Waals surface area contributed by atoms with Crippen LogP contribution in [0, 0.1) is 0 Å². The third-order valence-corrected chi connectivity index (χ3v) is 2.97. The van der Waals surface area contributed by atoms with Gasteiger partial charge in [-0.2, -0.15) is 0 Å². The molecule has 0 heterocycles. The molecule has 0 aliphatic heterocycles. The minimum absolute atomic E-state index is 0.0547. The molecule has 98 valence electrons. The van der Waals surface area contributed by atoms with E-state index in [0.29, 0.717) is 11.4 Å². The highest BCUT2D eigenvalue weighted by atomic mass is 32.1. The van der Waals surface area contributed by atoms with Gasteiger partial charge in [-0.05, 0) is 18.9 Å². The summed E-state index contributed by atoms with van der Waals surface area (Å²) in [5, 5.41) is 2.98. The van der Waals surface area contributed by atoms with Gasteiger partial charge in [0, 0.05) is 11.6 Å². The van der Waals surface area contributed by atoms with E-state index in [9.17, 15) is 4.79 Å². The maximum Gasteiger partial charge on any atom is 0.224 e. The van der Waals surface area contributed by atoms with E-state index in [4.69, 9.17) is 18.0 Å². The van der Waals surface area contributed by atoms with Crippen molar-refractivity contribution in [3.8, 4) is 0 Å². The SMILES string of the molecule is CCCC(C)NC(=O)Cc1ccc(C(N)=S)cc1. The molecule has 4 heteroatoms. The molecule has 0 radical (unpaired) electrons. The highest BCUT2D eigenvalue weighted by Crippen LogP contribution is 2.05. The van der Waals surface area contributed by atoms with Gasteiger partial charge in [0.2, 0.25) is 5.91 Å². The van der Waals surface area contributed by atoms with Crippen molar-refractivity contribution in [2.24, 2.45) is 5.73 Å². The Morgan fingerprint density at radius 2 is 2.00 bits per heavy atom. The molecule has 0 aliphatic carbocycles. The molecular weight excluding hydrogens is 244 g/mol. The molecular formula is C14H20N2OS. The fourth-order valence-corrected chi connectivity index (χ4v) is 1.94. The Morgan fingerprint density at radius 3 is 2.50 bits per heavy atom. The second-order valence-corrected chi connectivity index (χ2v) is 4.94. The minimum atomic E-state index is 0.0547. The molecule has 0 aliphatic rings. The monoisotopic (exact) mass is 264 g/mol. The molecule has 0 saturated carbocycles. The highest BCUT2D eigenvalue weighted by Gasteiger charge is 2.07. The van der Waals surface area contributed by atoms with Gasteiger partial charge in [0.25, 0.3) is 0 Å². The molecule has 3 N–H and O–H groups in total. The quantitative estimate of drug-likeness (QED) is 0.774. The molecule has 1 rings (SSSR count). The third-order valence-electron chi connectivity index (χ3n) is 2.73. The van der Waals surface area contributed by atoms with E-state index in [0.717, 1.165) is 24.0 Å². The average molecular weight is 264 g/mol. The summed E-state index contributed by atoms with van der Waals surface area (Å²) < 4.78 is 0. The molecule has 0 fully saturated rings. The highest BCUT2D eigenvalue weighted by molar-refractivity contribution is 7.80. The molecule has 1 aromatic rings. The van der Waals surface area contributed by atoms with E-state index in [2.05, 4.69) is 12.2 Å². The largest absolute Gasteiger partial charge is 0.389 e. The Labute approximate surface area is 114 Å². The van der Waals surface area contributed by atoms with Crippen molar-refractivity contribution in [1.29, 1.82) is 0 Å². The van der Waals surface area contributed by atoms with Gasteiger partial charge in [-0.1, -0.05) is 49.8 Å². The summed E-state index contributed by atoms with van der Waals surface area (Å²) in [5.74, 6) is 0.0547. The van der Waals surface area contributed by atoms with Crippen LogP contribution in [-0.2, 0) is 11.2 Å². The number of thiocarbonyl (C=S) groups is 1. The van der Waals surface area contributed by atoms with Crippen LogP contribution in [0.25, 0.3) is 0 Å². The average Bonchev–Trinajstić information content (AvgIpc) is 2.29. The number of carbonyl (C=O) groups is 1. The molecule has 0 spiro atoms. The van der Waals surface area contributed by atoms with Gasteiger partial charge in [-0.3, -0.25) is 4.79 Å². The first-order valence-electron chi connectivity index (χ1n) is 6.21. The zero-order valence-electron chi connectivity index (χ0n) is 10.9. The van der Waals surface area contributed by atoms with Crippen molar-refractivity contribution in [2.75, 3.05) is 0 Å². The van der Waals surface area contributed by atoms with Crippen LogP contribution < -0.4 is 11.1 Å². The van der Waals surface area contributed by atoms with Crippen molar-refractivity contribution in [1.82, 2.24) is 5.32 Å². The summed E-state index contributed by atoms with van der Waals surface area (Å²) in [4.78, 5) is 12.1. The summed E-state index contributed by atoms with van der Waals surface area (Å²) in [6.07, 6.45) is 2.47. The molecule has 1 atom stereocenters. The van der Waals surface area contributed by atoms with Crippen molar-refractivity contribution >= 4 is 23.1 Å².